The molecule has 3 rings (SSSR count). The molecular formula is C22H27ClN2OS2. The van der Waals surface area contributed by atoms with Crippen LogP contribution >= 0.6 is 35.1 Å². The van der Waals surface area contributed by atoms with E-state index in [0.717, 1.165) is 15.6 Å². The molecule has 2 aromatic rings. The van der Waals surface area contributed by atoms with Crippen molar-refractivity contribution in [2.75, 3.05) is 12.8 Å². The number of pyridine rings is 1. The highest BCUT2D eigenvalue weighted by atomic mass is 35.5. The largest absolute Gasteiger partial charge is 0.337 e. The molecule has 6 heteroatoms. The Morgan fingerprint density at radius 2 is 1.89 bits per heavy atom. The van der Waals surface area contributed by atoms with Crippen LogP contribution in [0.1, 0.15) is 44.3 Å². The third kappa shape index (κ3) is 5.68. The molecule has 1 fully saturated rings. The van der Waals surface area contributed by atoms with Gasteiger partial charge >= 0.3 is 0 Å². The van der Waals surface area contributed by atoms with Crippen LogP contribution in [-0.2, 0) is 4.79 Å². The third-order valence-corrected chi connectivity index (χ3v) is 8.76. The summed E-state index contributed by atoms with van der Waals surface area (Å²) >= 11 is 10.0. The molecule has 28 heavy (non-hydrogen) atoms. The van der Waals surface area contributed by atoms with Crippen LogP contribution in [0.5, 0.6) is 0 Å². The molecule has 1 aromatic carbocycles. The van der Waals surface area contributed by atoms with Gasteiger partial charge in [0.2, 0.25) is 5.91 Å². The number of carbonyl (C=O) groups is 1. The van der Waals surface area contributed by atoms with Crippen LogP contribution in [0.15, 0.2) is 53.6 Å². The minimum atomic E-state index is -0.0195. The second-order valence-corrected chi connectivity index (χ2v) is 10.1. The van der Waals surface area contributed by atoms with Crippen molar-refractivity contribution in [3.8, 4) is 0 Å². The van der Waals surface area contributed by atoms with Crippen LogP contribution in [0, 0.1) is 0 Å². The summed E-state index contributed by atoms with van der Waals surface area (Å²) < 4.78 is 0. The fraction of sp³-hybridized carbons (Fsp3) is 0.455. The Labute approximate surface area is 181 Å². The molecule has 0 aliphatic heterocycles. The molecule has 1 heterocycles. The fourth-order valence-electron chi connectivity index (χ4n) is 3.41. The monoisotopic (exact) mass is 434 g/mol. The average Bonchev–Trinajstić information content (AvgIpc) is 2.74. The molecule has 150 valence electrons. The molecule has 0 spiro atoms. The number of hydrogen-bond acceptors (Lipinski definition) is 4. The van der Waals surface area contributed by atoms with E-state index in [1.165, 1.54) is 25.7 Å². The van der Waals surface area contributed by atoms with Crippen LogP contribution in [0.4, 0.5) is 0 Å². The van der Waals surface area contributed by atoms with Gasteiger partial charge in [0.05, 0.1) is 22.5 Å². The van der Waals surface area contributed by atoms with Gasteiger partial charge in [0.15, 0.2) is 0 Å². The quantitative estimate of drug-likeness (QED) is 0.527. The van der Waals surface area contributed by atoms with Crippen LogP contribution in [0.25, 0.3) is 0 Å². The molecule has 1 aromatic heterocycles. The molecule has 3 nitrogen and oxygen atoms in total. The first kappa shape index (κ1) is 21.5. The Balaban J connectivity index is 1.57. The summed E-state index contributed by atoms with van der Waals surface area (Å²) in [5.74, 6) is 0.674. The zero-order chi connectivity index (χ0) is 19.9. The Hall–Kier alpha value is -1.17. The molecule has 1 saturated carbocycles. The number of benzene rings is 1. The van der Waals surface area contributed by atoms with Crippen molar-refractivity contribution in [1.29, 1.82) is 0 Å². The lowest BCUT2D eigenvalue weighted by molar-refractivity contribution is -0.129. The van der Waals surface area contributed by atoms with Gasteiger partial charge in [0.1, 0.15) is 0 Å². The van der Waals surface area contributed by atoms with Crippen molar-refractivity contribution in [3.05, 3.63) is 59.4 Å². The molecule has 1 amide bonds. The van der Waals surface area contributed by atoms with Crippen LogP contribution in [0.3, 0.4) is 0 Å². The van der Waals surface area contributed by atoms with Crippen LogP contribution in [0.2, 0.25) is 5.02 Å². The maximum Gasteiger partial charge on any atom is 0.232 e. The lowest BCUT2D eigenvalue weighted by Crippen LogP contribution is -2.33. The highest BCUT2D eigenvalue weighted by molar-refractivity contribution is 8.04. The lowest BCUT2D eigenvalue weighted by atomic mass is 10.00. The summed E-state index contributed by atoms with van der Waals surface area (Å²) in [6.07, 6.45) is 6.62. The third-order valence-electron chi connectivity index (χ3n) is 5.27. The van der Waals surface area contributed by atoms with E-state index in [9.17, 15) is 4.79 Å². The fourth-order valence-corrected chi connectivity index (χ4v) is 6.56. The van der Waals surface area contributed by atoms with Crippen molar-refractivity contribution >= 4 is 41.0 Å². The molecule has 0 bridgehead atoms. The van der Waals surface area contributed by atoms with Gasteiger partial charge in [0.25, 0.3) is 0 Å². The standard InChI is InChI=1S/C22H27ClN2OS2/c1-16(18-10-7-8-14-24-18)25(2)22(26)15-27-20-12-5-6-13-21(20)28-19-11-4-3-9-17(19)23/h3-4,7-11,14,16,20-21H,5-6,12-13,15H2,1-2H3. The average molecular weight is 435 g/mol. The van der Waals surface area contributed by atoms with E-state index >= 15 is 0 Å². The number of nitrogens with zero attached hydrogens (tertiary/aromatic N) is 2. The Morgan fingerprint density at radius 1 is 1.18 bits per heavy atom. The van der Waals surface area contributed by atoms with Gasteiger partial charge in [-0.3, -0.25) is 9.78 Å². The number of thioether (sulfide) groups is 2. The number of hydrogen-bond donors (Lipinski definition) is 0. The normalized spacial score (nSPS) is 20.5. The molecule has 0 saturated heterocycles. The predicted octanol–water partition coefficient (Wildman–Crippen LogP) is 6.09. The number of rotatable bonds is 7. The van der Waals surface area contributed by atoms with E-state index in [2.05, 4.69) is 11.1 Å². The van der Waals surface area contributed by atoms with Crippen molar-refractivity contribution in [3.63, 3.8) is 0 Å². The Bertz CT molecular complexity index is 774. The molecular weight excluding hydrogens is 408 g/mol. The highest BCUT2D eigenvalue weighted by Gasteiger charge is 2.28. The van der Waals surface area contributed by atoms with Gasteiger partial charge in [-0.1, -0.05) is 42.6 Å². The number of carbonyl (C=O) groups excluding carboxylic acids is 1. The van der Waals surface area contributed by atoms with Gasteiger partial charge in [0, 0.05) is 28.6 Å². The second-order valence-electron chi connectivity index (χ2n) is 7.16. The minimum Gasteiger partial charge on any atom is -0.337 e. The first-order valence-electron chi connectivity index (χ1n) is 9.75. The van der Waals surface area contributed by atoms with Crippen molar-refractivity contribution < 1.29 is 4.79 Å². The Morgan fingerprint density at radius 3 is 2.61 bits per heavy atom. The first-order valence-corrected chi connectivity index (χ1v) is 12.1. The van der Waals surface area contributed by atoms with Gasteiger partial charge < -0.3 is 4.90 Å². The van der Waals surface area contributed by atoms with Crippen molar-refractivity contribution in [1.82, 2.24) is 9.88 Å². The first-order chi connectivity index (χ1) is 13.6. The molecule has 0 radical (unpaired) electrons. The second kappa shape index (κ2) is 10.6. The predicted molar refractivity (Wildman–Crippen MR) is 121 cm³/mol. The lowest BCUT2D eigenvalue weighted by Gasteiger charge is -2.31. The zero-order valence-electron chi connectivity index (χ0n) is 16.4. The molecule has 3 atom stereocenters. The number of aromatic nitrogens is 1. The van der Waals surface area contributed by atoms with E-state index in [1.54, 1.807) is 18.0 Å². The number of halogens is 1. The zero-order valence-corrected chi connectivity index (χ0v) is 18.8. The number of amides is 1. The van der Waals surface area contributed by atoms with Crippen LogP contribution < -0.4 is 0 Å². The van der Waals surface area contributed by atoms with E-state index < -0.39 is 0 Å². The van der Waals surface area contributed by atoms with Crippen LogP contribution in [-0.4, -0.2) is 39.1 Å². The topological polar surface area (TPSA) is 33.2 Å². The molecule has 1 aliphatic rings. The molecule has 1 aliphatic carbocycles. The van der Waals surface area contributed by atoms with Crippen molar-refractivity contribution in [2.45, 2.75) is 54.0 Å². The van der Waals surface area contributed by atoms with E-state index in [1.807, 2.05) is 67.0 Å². The highest BCUT2D eigenvalue weighted by Crippen LogP contribution is 2.41. The Kier molecular flexibility index (Phi) is 8.12. The minimum absolute atomic E-state index is 0.0195. The maximum absolute atomic E-state index is 12.8. The van der Waals surface area contributed by atoms with Crippen molar-refractivity contribution in [2.24, 2.45) is 0 Å². The summed E-state index contributed by atoms with van der Waals surface area (Å²) in [5.41, 5.74) is 0.924. The van der Waals surface area contributed by atoms with Gasteiger partial charge in [-0.25, -0.2) is 0 Å². The molecule has 0 N–H and O–H groups in total. The summed E-state index contributed by atoms with van der Waals surface area (Å²) in [6, 6.07) is 13.9. The van der Waals surface area contributed by atoms with Gasteiger partial charge in [-0.2, -0.15) is 0 Å². The van der Waals surface area contributed by atoms with E-state index in [-0.39, 0.29) is 11.9 Å². The smallest absolute Gasteiger partial charge is 0.232 e. The van der Waals surface area contributed by atoms with Gasteiger partial charge in [-0.15, -0.1) is 23.5 Å². The SMILES string of the molecule is CC(c1ccccn1)N(C)C(=O)CSC1CCCCC1Sc1ccccc1Cl. The summed E-state index contributed by atoms with van der Waals surface area (Å²) in [5, 5.41) is 1.81. The van der Waals surface area contributed by atoms with Gasteiger partial charge in [-0.05, 0) is 44.0 Å². The van der Waals surface area contributed by atoms with E-state index in [4.69, 9.17) is 11.6 Å². The molecule has 3 unspecified atom stereocenters. The van der Waals surface area contributed by atoms with E-state index in [0.29, 0.717) is 16.3 Å². The maximum atomic E-state index is 12.8. The summed E-state index contributed by atoms with van der Waals surface area (Å²) in [4.78, 5) is 20.1. The summed E-state index contributed by atoms with van der Waals surface area (Å²) in [7, 11) is 1.87. The summed E-state index contributed by atoms with van der Waals surface area (Å²) in [6.45, 7) is 2.03.